The van der Waals surface area contributed by atoms with Crippen LogP contribution in [0.15, 0.2) is 24.3 Å². The zero-order chi connectivity index (χ0) is 14.4. The van der Waals surface area contributed by atoms with Crippen molar-refractivity contribution in [2.45, 2.75) is 18.9 Å². The number of carbonyl (C=O) groups excluding carboxylic acids is 1. The third-order valence-corrected chi connectivity index (χ3v) is 3.47. The van der Waals surface area contributed by atoms with Gasteiger partial charge >= 0.3 is 0 Å². The number of carbonyl (C=O) groups is 1. The van der Waals surface area contributed by atoms with Gasteiger partial charge in [-0.2, -0.15) is 0 Å². The van der Waals surface area contributed by atoms with E-state index in [1.165, 1.54) is 18.2 Å². The number of benzene rings is 1. The van der Waals surface area contributed by atoms with Crippen LogP contribution in [-0.4, -0.2) is 48.6 Å². The van der Waals surface area contributed by atoms with Crippen LogP contribution >= 0.6 is 0 Å². The molecule has 0 spiro atoms. The maximum atomic E-state index is 13.0. The molecule has 0 radical (unpaired) electrons. The van der Waals surface area contributed by atoms with Crippen molar-refractivity contribution in [3.8, 4) is 0 Å². The maximum Gasteiger partial charge on any atom is 0.137 e. The van der Waals surface area contributed by atoms with Crippen molar-refractivity contribution in [1.29, 1.82) is 0 Å². The lowest BCUT2D eigenvalue weighted by molar-refractivity contribution is -0.121. The Hall–Kier alpha value is -1.30. The zero-order valence-corrected chi connectivity index (χ0v) is 11.4. The number of hydrogen-bond donors (Lipinski definition) is 1. The molecule has 20 heavy (non-hydrogen) atoms. The van der Waals surface area contributed by atoms with Gasteiger partial charge in [-0.25, -0.2) is 4.39 Å². The predicted octanol–water partition coefficient (Wildman–Crippen LogP) is 1.54. The average molecular weight is 281 g/mol. The van der Waals surface area contributed by atoms with Crippen LogP contribution in [0.25, 0.3) is 0 Å². The fourth-order valence-corrected chi connectivity index (χ4v) is 2.26. The van der Waals surface area contributed by atoms with Crippen LogP contribution in [0.3, 0.4) is 0 Å². The molecule has 1 aliphatic heterocycles. The predicted molar refractivity (Wildman–Crippen MR) is 72.9 cm³/mol. The number of rotatable bonds is 6. The SMILES string of the molecule is O=C(CCN1CCOCC1)CC(O)c1cccc(F)c1. The summed E-state index contributed by atoms with van der Waals surface area (Å²) in [7, 11) is 0. The van der Waals surface area contributed by atoms with Gasteiger partial charge in [0, 0.05) is 32.5 Å². The normalized spacial score (nSPS) is 17.9. The van der Waals surface area contributed by atoms with E-state index in [2.05, 4.69) is 4.90 Å². The summed E-state index contributed by atoms with van der Waals surface area (Å²) >= 11 is 0. The van der Waals surface area contributed by atoms with Crippen molar-refractivity contribution < 1.29 is 19.0 Å². The smallest absolute Gasteiger partial charge is 0.137 e. The summed E-state index contributed by atoms with van der Waals surface area (Å²) in [5.74, 6) is -0.407. The number of morpholine rings is 1. The summed E-state index contributed by atoms with van der Waals surface area (Å²) < 4.78 is 18.3. The molecule has 1 fully saturated rings. The maximum absolute atomic E-state index is 13.0. The van der Waals surface area contributed by atoms with Gasteiger partial charge in [0.1, 0.15) is 11.6 Å². The Kier molecular flexibility index (Phi) is 5.64. The highest BCUT2D eigenvalue weighted by atomic mass is 19.1. The molecule has 5 heteroatoms. The van der Waals surface area contributed by atoms with Gasteiger partial charge in [-0.05, 0) is 17.7 Å². The number of ether oxygens (including phenoxy) is 1. The Morgan fingerprint density at radius 3 is 2.85 bits per heavy atom. The van der Waals surface area contributed by atoms with E-state index in [0.717, 1.165) is 13.1 Å². The quantitative estimate of drug-likeness (QED) is 0.859. The van der Waals surface area contributed by atoms with Crippen molar-refractivity contribution in [3.05, 3.63) is 35.6 Å². The molecule has 1 N–H and O–H groups in total. The third-order valence-electron chi connectivity index (χ3n) is 3.47. The van der Waals surface area contributed by atoms with Gasteiger partial charge in [0.2, 0.25) is 0 Å². The second-order valence-corrected chi connectivity index (χ2v) is 5.02. The van der Waals surface area contributed by atoms with E-state index < -0.39 is 11.9 Å². The van der Waals surface area contributed by atoms with E-state index >= 15 is 0 Å². The molecule has 0 aliphatic carbocycles. The first-order chi connectivity index (χ1) is 9.65. The summed E-state index contributed by atoms with van der Waals surface area (Å²) in [6, 6.07) is 5.74. The van der Waals surface area contributed by atoms with Crippen molar-refractivity contribution >= 4 is 5.78 Å². The second-order valence-electron chi connectivity index (χ2n) is 5.02. The van der Waals surface area contributed by atoms with Gasteiger partial charge in [-0.15, -0.1) is 0 Å². The van der Waals surface area contributed by atoms with Crippen LogP contribution in [0.4, 0.5) is 4.39 Å². The average Bonchev–Trinajstić information content (AvgIpc) is 2.46. The number of nitrogens with zero attached hydrogens (tertiary/aromatic N) is 1. The molecule has 0 bridgehead atoms. The molecule has 1 unspecified atom stereocenters. The number of hydrogen-bond acceptors (Lipinski definition) is 4. The number of Topliss-reactive ketones (excluding diaryl/α,β-unsaturated/α-hetero) is 1. The van der Waals surface area contributed by atoms with E-state index in [4.69, 9.17) is 4.74 Å². The first-order valence-electron chi connectivity index (χ1n) is 6.90. The molecule has 1 aromatic rings. The molecule has 0 aromatic heterocycles. The van der Waals surface area contributed by atoms with E-state index in [1.807, 2.05) is 0 Å². The summed E-state index contributed by atoms with van der Waals surface area (Å²) in [6.07, 6.45) is -0.483. The minimum Gasteiger partial charge on any atom is -0.388 e. The molecule has 1 saturated heterocycles. The molecule has 110 valence electrons. The Balaban J connectivity index is 1.76. The number of aliphatic hydroxyl groups excluding tert-OH is 1. The molecule has 0 amide bonds. The Labute approximate surface area is 118 Å². The minimum absolute atomic E-state index is 0.00625. The highest BCUT2D eigenvalue weighted by Gasteiger charge is 2.16. The first kappa shape index (κ1) is 15.1. The molecule has 1 atom stereocenters. The third kappa shape index (κ3) is 4.67. The monoisotopic (exact) mass is 281 g/mol. The standard InChI is InChI=1S/C15H20FNO3/c16-13-3-1-2-12(10-13)15(19)11-14(18)4-5-17-6-8-20-9-7-17/h1-3,10,15,19H,4-9,11H2. The molecule has 1 aliphatic rings. The van der Waals surface area contributed by atoms with Gasteiger partial charge in [0.15, 0.2) is 0 Å². The highest BCUT2D eigenvalue weighted by Crippen LogP contribution is 2.18. The van der Waals surface area contributed by atoms with Crippen molar-refractivity contribution in [1.82, 2.24) is 4.90 Å². The highest BCUT2D eigenvalue weighted by molar-refractivity contribution is 5.79. The number of ketones is 1. The molecular formula is C15H20FNO3. The first-order valence-corrected chi connectivity index (χ1v) is 6.90. The van der Waals surface area contributed by atoms with Crippen LogP contribution in [0.5, 0.6) is 0 Å². The number of aliphatic hydroxyl groups is 1. The van der Waals surface area contributed by atoms with Gasteiger partial charge in [0.25, 0.3) is 0 Å². The molecule has 2 rings (SSSR count). The largest absolute Gasteiger partial charge is 0.388 e. The summed E-state index contributed by atoms with van der Waals surface area (Å²) in [5, 5.41) is 9.93. The fraction of sp³-hybridized carbons (Fsp3) is 0.533. The summed E-state index contributed by atoms with van der Waals surface area (Å²) in [5.41, 5.74) is 0.449. The Morgan fingerprint density at radius 2 is 2.15 bits per heavy atom. The lowest BCUT2D eigenvalue weighted by Crippen LogP contribution is -2.37. The molecule has 4 nitrogen and oxygen atoms in total. The molecule has 1 aromatic carbocycles. The Morgan fingerprint density at radius 1 is 1.40 bits per heavy atom. The van der Waals surface area contributed by atoms with Gasteiger partial charge in [-0.3, -0.25) is 9.69 Å². The van der Waals surface area contributed by atoms with Crippen molar-refractivity contribution in [2.75, 3.05) is 32.8 Å². The van der Waals surface area contributed by atoms with Crippen LogP contribution in [0.1, 0.15) is 24.5 Å². The van der Waals surface area contributed by atoms with Crippen LogP contribution < -0.4 is 0 Å². The van der Waals surface area contributed by atoms with E-state index in [-0.39, 0.29) is 12.2 Å². The summed E-state index contributed by atoms with van der Waals surface area (Å²) in [4.78, 5) is 14.0. The van der Waals surface area contributed by atoms with Crippen LogP contribution in [-0.2, 0) is 9.53 Å². The number of halogens is 1. The van der Waals surface area contributed by atoms with E-state index in [9.17, 15) is 14.3 Å². The zero-order valence-electron chi connectivity index (χ0n) is 11.4. The lowest BCUT2D eigenvalue weighted by atomic mass is 10.0. The lowest BCUT2D eigenvalue weighted by Gasteiger charge is -2.26. The minimum atomic E-state index is -0.928. The van der Waals surface area contributed by atoms with E-state index in [1.54, 1.807) is 6.07 Å². The van der Waals surface area contributed by atoms with Crippen LogP contribution in [0.2, 0.25) is 0 Å². The van der Waals surface area contributed by atoms with Gasteiger partial charge < -0.3 is 9.84 Å². The van der Waals surface area contributed by atoms with Crippen molar-refractivity contribution in [2.24, 2.45) is 0 Å². The Bertz CT molecular complexity index is 446. The topological polar surface area (TPSA) is 49.8 Å². The second kappa shape index (κ2) is 7.47. The fourth-order valence-electron chi connectivity index (χ4n) is 2.26. The van der Waals surface area contributed by atoms with Crippen molar-refractivity contribution in [3.63, 3.8) is 0 Å². The van der Waals surface area contributed by atoms with Gasteiger partial charge in [0.05, 0.1) is 19.3 Å². The molecule has 0 saturated carbocycles. The van der Waals surface area contributed by atoms with E-state index in [0.29, 0.717) is 31.7 Å². The molecule has 1 heterocycles. The van der Waals surface area contributed by atoms with Gasteiger partial charge in [-0.1, -0.05) is 12.1 Å². The molecular weight excluding hydrogens is 261 g/mol. The van der Waals surface area contributed by atoms with Crippen LogP contribution in [0, 0.1) is 5.82 Å². The summed E-state index contributed by atoms with van der Waals surface area (Å²) in [6.45, 7) is 3.80.